The van der Waals surface area contributed by atoms with Crippen molar-refractivity contribution < 1.29 is 8.78 Å². The zero-order valence-corrected chi connectivity index (χ0v) is 12.0. The average Bonchev–Trinajstić information content (AvgIpc) is 2.99. The molecule has 0 aromatic carbocycles. The van der Waals surface area contributed by atoms with Crippen molar-refractivity contribution in [1.29, 1.82) is 0 Å². The second-order valence-corrected chi connectivity index (χ2v) is 4.19. The van der Waals surface area contributed by atoms with Gasteiger partial charge in [0, 0.05) is 32.0 Å². The minimum Gasteiger partial charge on any atom is -0.306 e. The van der Waals surface area contributed by atoms with E-state index in [0.29, 0.717) is 18.8 Å². The van der Waals surface area contributed by atoms with E-state index in [2.05, 4.69) is 22.4 Å². The molecule has 0 unspecified atom stereocenters. The lowest BCUT2D eigenvalue weighted by Gasteiger charge is -2.09. The monoisotopic (exact) mass is 305 g/mol. The Morgan fingerprint density at radius 1 is 1.15 bits per heavy atom. The highest BCUT2D eigenvalue weighted by Crippen LogP contribution is 2.11. The summed E-state index contributed by atoms with van der Waals surface area (Å²) in [6.45, 7) is 1.28. The molecule has 112 valence electrons. The summed E-state index contributed by atoms with van der Waals surface area (Å²) < 4.78 is 27.8. The van der Waals surface area contributed by atoms with Crippen molar-refractivity contribution in [2.75, 3.05) is 0 Å². The molecule has 0 spiro atoms. The number of hydrogen-bond acceptors (Lipinski definition) is 3. The Hall–Kier alpha value is -1.47. The number of alkyl halides is 2. The van der Waals surface area contributed by atoms with Crippen LogP contribution < -0.4 is 5.32 Å². The lowest BCUT2D eigenvalue weighted by molar-refractivity contribution is 0.0531. The summed E-state index contributed by atoms with van der Waals surface area (Å²) >= 11 is 0. The fourth-order valence-corrected chi connectivity index (χ4v) is 1.90. The summed E-state index contributed by atoms with van der Waals surface area (Å²) in [6, 6.07) is 3.51. The van der Waals surface area contributed by atoms with Crippen LogP contribution in [0.4, 0.5) is 8.78 Å². The zero-order chi connectivity index (χ0) is 13.7. The third-order valence-electron chi connectivity index (χ3n) is 2.79. The van der Waals surface area contributed by atoms with Gasteiger partial charge in [-0.1, -0.05) is 6.92 Å². The number of nitrogens with zero attached hydrogens (tertiary/aromatic N) is 4. The molecule has 0 saturated heterocycles. The summed E-state index contributed by atoms with van der Waals surface area (Å²) in [7, 11) is 0. The summed E-state index contributed by atoms with van der Waals surface area (Å²) in [4.78, 5) is 0. The summed E-state index contributed by atoms with van der Waals surface area (Å²) in [6.07, 6.45) is 4.13. The number of nitrogens with one attached hydrogen (secondary N) is 1. The molecular formula is C12H18ClF2N5. The maximum Gasteiger partial charge on any atom is 0.333 e. The Morgan fingerprint density at radius 3 is 2.50 bits per heavy atom. The number of hydrogen-bond donors (Lipinski definition) is 1. The Morgan fingerprint density at radius 2 is 1.80 bits per heavy atom. The predicted octanol–water partition coefficient (Wildman–Crippen LogP) is 2.60. The first-order valence-electron chi connectivity index (χ1n) is 6.24. The highest BCUT2D eigenvalue weighted by molar-refractivity contribution is 5.85. The third-order valence-corrected chi connectivity index (χ3v) is 2.79. The molecule has 8 heteroatoms. The van der Waals surface area contributed by atoms with Crippen molar-refractivity contribution >= 4 is 12.4 Å². The molecule has 0 bridgehead atoms. The summed E-state index contributed by atoms with van der Waals surface area (Å²) in [5, 5.41) is 10.9. The largest absolute Gasteiger partial charge is 0.333 e. The lowest BCUT2D eigenvalue weighted by atomic mass is 10.3. The van der Waals surface area contributed by atoms with Crippen LogP contribution in [-0.2, 0) is 19.6 Å². The van der Waals surface area contributed by atoms with Crippen LogP contribution in [0.1, 0.15) is 31.3 Å². The normalized spacial score (nSPS) is 10.8. The van der Waals surface area contributed by atoms with Crippen molar-refractivity contribution in [1.82, 2.24) is 24.9 Å². The van der Waals surface area contributed by atoms with Crippen LogP contribution in [0.5, 0.6) is 0 Å². The smallest absolute Gasteiger partial charge is 0.306 e. The minimum atomic E-state index is -2.60. The second kappa shape index (κ2) is 7.96. The fraction of sp³-hybridized carbons (Fsp3) is 0.500. The maximum absolute atomic E-state index is 12.6. The van der Waals surface area contributed by atoms with Crippen LogP contribution in [0.3, 0.4) is 0 Å². The van der Waals surface area contributed by atoms with Gasteiger partial charge in [0.1, 0.15) is 0 Å². The van der Waals surface area contributed by atoms with Crippen molar-refractivity contribution in [3.05, 3.63) is 35.9 Å². The van der Waals surface area contributed by atoms with Crippen LogP contribution in [0.2, 0.25) is 0 Å². The first-order chi connectivity index (χ1) is 9.22. The van der Waals surface area contributed by atoms with Gasteiger partial charge in [-0.05, 0) is 18.6 Å². The van der Waals surface area contributed by atoms with Crippen LogP contribution in [0.15, 0.2) is 24.5 Å². The molecule has 0 aliphatic carbocycles. The molecule has 2 heterocycles. The zero-order valence-electron chi connectivity index (χ0n) is 11.2. The van der Waals surface area contributed by atoms with E-state index >= 15 is 0 Å². The van der Waals surface area contributed by atoms with Crippen LogP contribution in [-0.4, -0.2) is 19.6 Å². The molecule has 2 aromatic rings. The quantitative estimate of drug-likeness (QED) is 0.855. The van der Waals surface area contributed by atoms with E-state index in [1.165, 1.54) is 6.20 Å². The van der Waals surface area contributed by atoms with E-state index in [-0.39, 0.29) is 12.4 Å². The van der Waals surface area contributed by atoms with E-state index < -0.39 is 6.55 Å². The molecule has 2 rings (SSSR count). The standard InChI is InChI=1S/C12H17F2N5.ClH/c1-2-7-18-10(3-5-16-18)8-15-9-11-4-6-17-19(11)12(13)14;/h3-6,12,15H,2,7-9H2,1H3;1H. The Balaban J connectivity index is 0.00000200. The Kier molecular flexibility index (Phi) is 6.60. The average molecular weight is 306 g/mol. The number of rotatable bonds is 7. The Bertz CT molecular complexity index is 511. The molecule has 0 atom stereocenters. The molecule has 1 N–H and O–H groups in total. The van der Waals surface area contributed by atoms with E-state index in [1.807, 2.05) is 10.7 Å². The first-order valence-corrected chi connectivity index (χ1v) is 6.24. The molecule has 5 nitrogen and oxygen atoms in total. The SMILES string of the molecule is CCCn1nccc1CNCc1ccnn1C(F)F.Cl. The van der Waals surface area contributed by atoms with Gasteiger partial charge < -0.3 is 5.32 Å². The molecule has 0 radical (unpaired) electrons. The van der Waals surface area contributed by atoms with Gasteiger partial charge in [0.25, 0.3) is 0 Å². The third kappa shape index (κ3) is 4.01. The summed E-state index contributed by atoms with van der Waals surface area (Å²) in [5.41, 5.74) is 1.52. The fourth-order valence-electron chi connectivity index (χ4n) is 1.90. The summed E-state index contributed by atoms with van der Waals surface area (Å²) in [5.74, 6) is 0. The van der Waals surface area contributed by atoms with Crippen LogP contribution >= 0.6 is 12.4 Å². The lowest BCUT2D eigenvalue weighted by Crippen LogP contribution is -2.19. The van der Waals surface area contributed by atoms with Gasteiger partial charge in [-0.3, -0.25) is 4.68 Å². The second-order valence-electron chi connectivity index (χ2n) is 4.19. The molecule has 0 aliphatic rings. The highest BCUT2D eigenvalue weighted by Gasteiger charge is 2.11. The molecule has 2 aromatic heterocycles. The topological polar surface area (TPSA) is 47.7 Å². The van der Waals surface area contributed by atoms with Crippen molar-refractivity contribution in [3.63, 3.8) is 0 Å². The Labute approximate surface area is 122 Å². The van der Waals surface area contributed by atoms with E-state index in [0.717, 1.165) is 23.3 Å². The van der Waals surface area contributed by atoms with Crippen LogP contribution in [0.25, 0.3) is 0 Å². The molecule has 0 amide bonds. The van der Waals surface area contributed by atoms with E-state index in [4.69, 9.17) is 0 Å². The van der Waals surface area contributed by atoms with Gasteiger partial charge in [-0.15, -0.1) is 12.4 Å². The number of halogens is 3. The van der Waals surface area contributed by atoms with Gasteiger partial charge in [0.2, 0.25) is 0 Å². The van der Waals surface area contributed by atoms with Crippen molar-refractivity contribution in [2.45, 2.75) is 39.5 Å². The molecule has 0 aliphatic heterocycles. The van der Waals surface area contributed by atoms with Gasteiger partial charge >= 0.3 is 6.55 Å². The number of aryl methyl sites for hydroxylation is 1. The van der Waals surface area contributed by atoms with Gasteiger partial charge in [-0.25, -0.2) is 4.68 Å². The first kappa shape index (κ1) is 16.6. The molecule has 0 fully saturated rings. The van der Waals surface area contributed by atoms with Crippen LogP contribution in [0, 0.1) is 0 Å². The van der Waals surface area contributed by atoms with E-state index in [1.54, 1.807) is 12.3 Å². The van der Waals surface area contributed by atoms with Crippen molar-refractivity contribution in [2.24, 2.45) is 0 Å². The minimum absolute atomic E-state index is 0. The highest BCUT2D eigenvalue weighted by atomic mass is 35.5. The van der Waals surface area contributed by atoms with Crippen molar-refractivity contribution in [3.8, 4) is 0 Å². The van der Waals surface area contributed by atoms with Gasteiger partial charge in [0.15, 0.2) is 0 Å². The molecular weight excluding hydrogens is 288 g/mol. The molecule has 0 saturated carbocycles. The number of aromatic nitrogens is 4. The maximum atomic E-state index is 12.6. The predicted molar refractivity (Wildman–Crippen MR) is 73.8 cm³/mol. The van der Waals surface area contributed by atoms with Gasteiger partial charge in [-0.2, -0.15) is 19.0 Å². The molecule has 20 heavy (non-hydrogen) atoms. The van der Waals surface area contributed by atoms with Gasteiger partial charge in [0.05, 0.1) is 11.4 Å². The van der Waals surface area contributed by atoms with E-state index in [9.17, 15) is 8.78 Å².